The second-order valence-corrected chi connectivity index (χ2v) is 3.84. The number of aliphatic carboxylic acids is 1. The number of aromatic nitrogens is 1. The van der Waals surface area contributed by atoms with Gasteiger partial charge in [-0.3, -0.25) is 9.78 Å². The van der Waals surface area contributed by atoms with Crippen molar-refractivity contribution in [2.45, 2.75) is 17.8 Å². The van der Waals surface area contributed by atoms with Crippen LogP contribution >= 0.6 is 11.3 Å². The van der Waals surface area contributed by atoms with Crippen LogP contribution in [0.4, 0.5) is 8.78 Å². The van der Waals surface area contributed by atoms with Crippen molar-refractivity contribution in [3.05, 3.63) is 16.6 Å². The summed E-state index contributed by atoms with van der Waals surface area (Å²) in [6.45, 7) is 0. The first-order valence-electron chi connectivity index (χ1n) is 3.51. The standard InChI is InChI=1S/C7H5F2NO2S/c8-7(9)2-6(7,5(11)12)4-1-10-3-13-4/h1,3H,2H2,(H,11,12). The van der Waals surface area contributed by atoms with Gasteiger partial charge in [0.2, 0.25) is 0 Å². The molecule has 2 rings (SSSR count). The molecule has 0 saturated heterocycles. The van der Waals surface area contributed by atoms with Crippen molar-refractivity contribution in [3.63, 3.8) is 0 Å². The zero-order valence-electron chi connectivity index (χ0n) is 6.33. The Kier molecular flexibility index (Phi) is 1.48. The minimum absolute atomic E-state index is 0.130. The van der Waals surface area contributed by atoms with Crippen molar-refractivity contribution in [3.8, 4) is 0 Å². The van der Waals surface area contributed by atoms with E-state index in [0.29, 0.717) is 0 Å². The smallest absolute Gasteiger partial charge is 0.321 e. The Hall–Kier alpha value is -1.04. The van der Waals surface area contributed by atoms with Crippen LogP contribution in [0.2, 0.25) is 0 Å². The van der Waals surface area contributed by atoms with Gasteiger partial charge in [-0.05, 0) is 0 Å². The number of halogens is 2. The monoisotopic (exact) mass is 205 g/mol. The molecule has 1 aliphatic rings. The van der Waals surface area contributed by atoms with Gasteiger partial charge < -0.3 is 5.11 Å². The number of alkyl halides is 2. The maximum atomic E-state index is 12.9. The van der Waals surface area contributed by atoms with E-state index >= 15 is 0 Å². The quantitative estimate of drug-likeness (QED) is 0.796. The lowest BCUT2D eigenvalue weighted by Crippen LogP contribution is -2.25. The van der Waals surface area contributed by atoms with E-state index in [4.69, 9.17) is 5.11 Å². The van der Waals surface area contributed by atoms with Gasteiger partial charge in [0.25, 0.3) is 5.92 Å². The van der Waals surface area contributed by atoms with Gasteiger partial charge in [0.15, 0.2) is 5.41 Å². The molecule has 6 heteroatoms. The number of hydrogen-bond donors (Lipinski definition) is 1. The fourth-order valence-electron chi connectivity index (χ4n) is 1.32. The molecule has 1 aliphatic carbocycles. The Balaban J connectivity index is 2.45. The zero-order valence-corrected chi connectivity index (χ0v) is 7.15. The lowest BCUT2D eigenvalue weighted by atomic mass is 10.1. The molecule has 1 N–H and O–H groups in total. The molecule has 1 unspecified atom stereocenters. The number of carbonyl (C=O) groups is 1. The fraction of sp³-hybridized carbons (Fsp3) is 0.429. The van der Waals surface area contributed by atoms with E-state index in [9.17, 15) is 13.6 Å². The zero-order chi connectivity index (χ0) is 9.69. The van der Waals surface area contributed by atoms with E-state index in [2.05, 4.69) is 4.98 Å². The van der Waals surface area contributed by atoms with Crippen LogP contribution in [-0.2, 0) is 10.2 Å². The molecule has 0 aliphatic heterocycles. The SMILES string of the molecule is O=C(O)C1(c2cncs2)CC1(F)F. The lowest BCUT2D eigenvalue weighted by molar-refractivity contribution is -0.142. The minimum atomic E-state index is -3.12. The summed E-state index contributed by atoms with van der Waals surface area (Å²) in [4.78, 5) is 14.4. The van der Waals surface area contributed by atoms with E-state index in [1.54, 1.807) is 0 Å². The number of nitrogens with zero attached hydrogens (tertiary/aromatic N) is 1. The third-order valence-corrected chi connectivity index (χ3v) is 3.14. The molecule has 13 heavy (non-hydrogen) atoms. The number of carboxylic acid groups (broad SMARTS) is 1. The van der Waals surface area contributed by atoms with Crippen molar-refractivity contribution in [1.82, 2.24) is 4.98 Å². The molecule has 0 spiro atoms. The molecule has 1 saturated carbocycles. The van der Waals surface area contributed by atoms with Crippen LogP contribution in [0.25, 0.3) is 0 Å². The van der Waals surface area contributed by atoms with Crippen molar-refractivity contribution in [2.75, 3.05) is 0 Å². The van der Waals surface area contributed by atoms with E-state index in [0.717, 1.165) is 11.3 Å². The molecule has 1 atom stereocenters. The summed E-state index contributed by atoms with van der Waals surface area (Å²) >= 11 is 0.951. The Bertz CT molecular complexity index is 351. The Morgan fingerprint density at radius 1 is 1.69 bits per heavy atom. The maximum absolute atomic E-state index is 12.9. The Morgan fingerprint density at radius 2 is 2.31 bits per heavy atom. The van der Waals surface area contributed by atoms with Gasteiger partial charge in [-0.15, -0.1) is 11.3 Å². The van der Waals surface area contributed by atoms with Crippen LogP contribution in [0.3, 0.4) is 0 Å². The van der Waals surface area contributed by atoms with Gasteiger partial charge in [-0.1, -0.05) is 0 Å². The van der Waals surface area contributed by atoms with Gasteiger partial charge >= 0.3 is 5.97 Å². The highest BCUT2D eigenvalue weighted by Gasteiger charge is 2.78. The average molecular weight is 205 g/mol. The highest BCUT2D eigenvalue weighted by atomic mass is 32.1. The minimum Gasteiger partial charge on any atom is -0.480 e. The third kappa shape index (κ3) is 0.918. The van der Waals surface area contributed by atoms with Crippen molar-refractivity contribution >= 4 is 17.3 Å². The van der Waals surface area contributed by atoms with Crippen LogP contribution in [0, 0.1) is 0 Å². The Labute approximate surface area is 76.0 Å². The number of thiazole rings is 1. The highest BCUT2D eigenvalue weighted by molar-refractivity contribution is 7.10. The van der Waals surface area contributed by atoms with E-state index in [1.807, 2.05) is 0 Å². The summed E-state index contributed by atoms with van der Waals surface area (Å²) < 4.78 is 25.7. The van der Waals surface area contributed by atoms with Crippen LogP contribution in [0.1, 0.15) is 11.3 Å². The molecule has 0 radical (unpaired) electrons. The lowest BCUT2D eigenvalue weighted by Gasteiger charge is -2.06. The summed E-state index contributed by atoms with van der Waals surface area (Å²) in [5.41, 5.74) is -0.636. The molecule has 0 bridgehead atoms. The van der Waals surface area contributed by atoms with E-state index in [-0.39, 0.29) is 4.88 Å². The van der Waals surface area contributed by atoms with E-state index in [1.165, 1.54) is 11.7 Å². The number of carboxylic acids is 1. The fourth-order valence-corrected chi connectivity index (χ4v) is 2.19. The van der Waals surface area contributed by atoms with Crippen LogP contribution in [0.5, 0.6) is 0 Å². The predicted molar refractivity (Wildman–Crippen MR) is 41.0 cm³/mol. The normalized spacial score (nSPS) is 30.0. The summed E-state index contributed by atoms with van der Waals surface area (Å²) in [6, 6.07) is 0. The molecule has 1 aromatic rings. The number of rotatable bonds is 2. The highest BCUT2D eigenvalue weighted by Crippen LogP contribution is 2.62. The largest absolute Gasteiger partial charge is 0.480 e. The van der Waals surface area contributed by atoms with Gasteiger partial charge in [-0.2, -0.15) is 0 Å². The molecule has 1 heterocycles. The van der Waals surface area contributed by atoms with E-state index < -0.39 is 23.7 Å². The molecule has 0 aromatic carbocycles. The van der Waals surface area contributed by atoms with Crippen molar-refractivity contribution in [2.24, 2.45) is 0 Å². The summed E-state index contributed by atoms with van der Waals surface area (Å²) in [7, 11) is 0. The first-order valence-corrected chi connectivity index (χ1v) is 4.39. The molecular weight excluding hydrogens is 200 g/mol. The summed E-state index contributed by atoms with van der Waals surface area (Å²) in [5.74, 6) is -4.59. The second kappa shape index (κ2) is 2.25. The third-order valence-electron chi connectivity index (χ3n) is 2.20. The van der Waals surface area contributed by atoms with Crippen molar-refractivity contribution in [1.29, 1.82) is 0 Å². The van der Waals surface area contributed by atoms with Crippen LogP contribution in [0.15, 0.2) is 11.7 Å². The second-order valence-electron chi connectivity index (χ2n) is 2.96. The first-order chi connectivity index (χ1) is 6.01. The Morgan fingerprint density at radius 3 is 2.62 bits per heavy atom. The van der Waals surface area contributed by atoms with Gasteiger partial charge in [0, 0.05) is 17.5 Å². The molecule has 0 amide bonds. The summed E-state index contributed by atoms with van der Waals surface area (Å²) in [5, 5.41) is 8.71. The molecule has 70 valence electrons. The first kappa shape index (κ1) is 8.55. The maximum Gasteiger partial charge on any atom is 0.321 e. The molecule has 1 aromatic heterocycles. The van der Waals surface area contributed by atoms with Gasteiger partial charge in [-0.25, -0.2) is 8.78 Å². The molecule has 1 fully saturated rings. The predicted octanol–water partition coefficient (Wildman–Crippen LogP) is 1.50. The topological polar surface area (TPSA) is 50.2 Å². The molecule has 3 nitrogen and oxygen atoms in total. The average Bonchev–Trinajstić information content (AvgIpc) is 2.52. The molecular formula is C7H5F2NO2S. The summed E-state index contributed by atoms with van der Waals surface area (Å²) in [6.07, 6.45) is 0.581. The van der Waals surface area contributed by atoms with Crippen molar-refractivity contribution < 1.29 is 18.7 Å². The van der Waals surface area contributed by atoms with Crippen LogP contribution in [-0.4, -0.2) is 22.0 Å². The number of hydrogen-bond acceptors (Lipinski definition) is 3. The van der Waals surface area contributed by atoms with Gasteiger partial charge in [0.05, 0.1) is 5.51 Å². The van der Waals surface area contributed by atoms with Gasteiger partial charge in [0.1, 0.15) is 0 Å². The van der Waals surface area contributed by atoms with Crippen LogP contribution < -0.4 is 0 Å².